The van der Waals surface area contributed by atoms with Gasteiger partial charge >= 0.3 is 0 Å². The maximum absolute atomic E-state index is 8.83. The van der Waals surface area contributed by atoms with Crippen molar-refractivity contribution in [3.8, 4) is 0 Å². The van der Waals surface area contributed by atoms with Crippen LogP contribution in [0, 0.1) is 0 Å². The summed E-state index contributed by atoms with van der Waals surface area (Å²) >= 11 is 1.73. The highest BCUT2D eigenvalue weighted by molar-refractivity contribution is 7.21. The molecule has 2 aromatic rings. The number of rotatable bonds is 0. The Kier molecular flexibility index (Phi) is 1.61. The first-order valence-electron chi connectivity index (χ1n) is 4.62. The van der Waals surface area contributed by atoms with E-state index in [1.54, 1.807) is 11.3 Å². The van der Waals surface area contributed by atoms with Gasteiger partial charge in [-0.2, -0.15) is 0 Å². The lowest BCUT2D eigenvalue weighted by molar-refractivity contribution is 0.318. The third-order valence-corrected chi connectivity index (χ3v) is 3.95. The molecule has 3 rings (SSSR count). The molecule has 0 aliphatic heterocycles. The molecule has 1 aliphatic rings. The van der Waals surface area contributed by atoms with E-state index in [1.807, 2.05) is 6.07 Å². The Bertz CT molecular complexity index is 527. The van der Waals surface area contributed by atoms with Crippen LogP contribution in [0.3, 0.4) is 0 Å². The van der Waals surface area contributed by atoms with Crippen LogP contribution >= 0.6 is 11.3 Å². The minimum absolute atomic E-state index is 0.848. The van der Waals surface area contributed by atoms with E-state index in [1.165, 1.54) is 20.5 Å². The van der Waals surface area contributed by atoms with Crippen LogP contribution < -0.4 is 0 Å². The number of benzene rings is 1. The van der Waals surface area contributed by atoms with Gasteiger partial charge in [0.25, 0.3) is 0 Å². The number of fused-ring (bicyclic) bond motifs is 3. The quantitative estimate of drug-likeness (QED) is 0.518. The van der Waals surface area contributed by atoms with E-state index in [-0.39, 0.29) is 0 Å². The topological polar surface area (TPSA) is 32.6 Å². The first-order chi connectivity index (χ1) is 6.90. The summed E-state index contributed by atoms with van der Waals surface area (Å²) in [6.07, 6.45) is 1.89. The van der Waals surface area contributed by atoms with Crippen molar-refractivity contribution in [3.63, 3.8) is 0 Å². The standard InChI is InChI=1S/C11H9NOS/c13-12-9-6-5-8-7-3-1-2-4-10(7)14-11(8)9/h1-4,13H,5-6H2/b12-9+. The van der Waals surface area contributed by atoms with Crippen LogP contribution in [-0.2, 0) is 6.42 Å². The largest absolute Gasteiger partial charge is 0.411 e. The van der Waals surface area contributed by atoms with E-state index in [2.05, 4.69) is 23.4 Å². The van der Waals surface area contributed by atoms with Crippen molar-refractivity contribution < 1.29 is 5.21 Å². The van der Waals surface area contributed by atoms with E-state index in [0.717, 1.165) is 18.6 Å². The summed E-state index contributed by atoms with van der Waals surface area (Å²) in [7, 11) is 0. The Morgan fingerprint density at radius 3 is 2.93 bits per heavy atom. The van der Waals surface area contributed by atoms with Gasteiger partial charge in [0.1, 0.15) is 0 Å². The smallest absolute Gasteiger partial charge is 0.0973 e. The second kappa shape index (κ2) is 2.82. The Hall–Kier alpha value is -1.35. The van der Waals surface area contributed by atoms with Crippen molar-refractivity contribution in [1.29, 1.82) is 0 Å². The SMILES string of the molecule is O/N=C1\CCc2c1sc1ccccc21. The lowest BCUT2D eigenvalue weighted by Gasteiger charge is -1.90. The molecule has 3 heteroatoms. The van der Waals surface area contributed by atoms with Gasteiger partial charge in [0, 0.05) is 4.70 Å². The van der Waals surface area contributed by atoms with Crippen molar-refractivity contribution >= 4 is 27.1 Å². The van der Waals surface area contributed by atoms with E-state index in [0.29, 0.717) is 0 Å². The molecular formula is C11H9NOS. The Morgan fingerprint density at radius 2 is 2.07 bits per heavy atom. The maximum atomic E-state index is 8.83. The molecule has 0 saturated carbocycles. The molecular weight excluding hydrogens is 194 g/mol. The molecule has 2 nitrogen and oxygen atoms in total. The van der Waals surface area contributed by atoms with Crippen molar-refractivity contribution in [1.82, 2.24) is 0 Å². The number of hydrogen-bond donors (Lipinski definition) is 1. The molecule has 0 bridgehead atoms. The third kappa shape index (κ3) is 0.930. The first-order valence-corrected chi connectivity index (χ1v) is 5.43. The number of thiophene rings is 1. The fourth-order valence-corrected chi connectivity index (χ4v) is 3.30. The minimum atomic E-state index is 0.848. The van der Waals surface area contributed by atoms with E-state index >= 15 is 0 Å². The van der Waals surface area contributed by atoms with Crippen molar-refractivity contribution in [3.05, 3.63) is 34.7 Å². The Labute approximate surface area is 85.5 Å². The van der Waals surface area contributed by atoms with Crippen LogP contribution in [0.2, 0.25) is 0 Å². The lowest BCUT2D eigenvalue weighted by Crippen LogP contribution is -1.89. The lowest BCUT2D eigenvalue weighted by atomic mass is 10.1. The summed E-state index contributed by atoms with van der Waals surface area (Å²) in [5.41, 5.74) is 2.21. The zero-order valence-corrected chi connectivity index (χ0v) is 8.34. The minimum Gasteiger partial charge on any atom is -0.411 e. The first kappa shape index (κ1) is 8.00. The number of oxime groups is 1. The molecule has 0 amide bonds. The summed E-state index contributed by atoms with van der Waals surface area (Å²) in [5, 5.41) is 13.5. The second-order valence-electron chi connectivity index (χ2n) is 3.45. The molecule has 1 aliphatic carbocycles. The Balaban J connectivity index is 2.37. The van der Waals surface area contributed by atoms with Gasteiger partial charge in [0.15, 0.2) is 0 Å². The predicted molar refractivity (Wildman–Crippen MR) is 58.5 cm³/mol. The zero-order chi connectivity index (χ0) is 9.54. The van der Waals surface area contributed by atoms with Gasteiger partial charge in [-0.15, -0.1) is 11.3 Å². The molecule has 0 spiro atoms. The van der Waals surface area contributed by atoms with Crippen LogP contribution in [0.25, 0.3) is 10.1 Å². The van der Waals surface area contributed by atoms with Gasteiger partial charge in [0.05, 0.1) is 10.6 Å². The average Bonchev–Trinajstić information content (AvgIpc) is 2.75. The summed E-state index contributed by atoms with van der Waals surface area (Å²) in [5.74, 6) is 0. The van der Waals surface area contributed by atoms with Gasteiger partial charge in [-0.05, 0) is 29.9 Å². The molecule has 0 atom stereocenters. The molecule has 0 saturated heterocycles. The summed E-state index contributed by atoms with van der Waals surface area (Å²) < 4.78 is 1.29. The molecule has 14 heavy (non-hydrogen) atoms. The van der Waals surface area contributed by atoms with E-state index < -0.39 is 0 Å². The highest BCUT2D eigenvalue weighted by Crippen LogP contribution is 2.37. The number of hydrogen-bond acceptors (Lipinski definition) is 3. The van der Waals surface area contributed by atoms with Crippen LogP contribution in [0.1, 0.15) is 16.9 Å². The summed E-state index contributed by atoms with van der Waals surface area (Å²) in [4.78, 5) is 1.17. The van der Waals surface area contributed by atoms with Gasteiger partial charge < -0.3 is 5.21 Å². The molecule has 1 N–H and O–H groups in total. The van der Waals surface area contributed by atoms with Gasteiger partial charge in [-0.1, -0.05) is 23.4 Å². The highest BCUT2D eigenvalue weighted by atomic mass is 32.1. The maximum Gasteiger partial charge on any atom is 0.0973 e. The second-order valence-corrected chi connectivity index (χ2v) is 4.50. The van der Waals surface area contributed by atoms with Gasteiger partial charge in [-0.25, -0.2) is 0 Å². The molecule has 0 unspecified atom stereocenters. The van der Waals surface area contributed by atoms with Crippen LogP contribution in [0.4, 0.5) is 0 Å². The van der Waals surface area contributed by atoms with Crippen LogP contribution in [0.15, 0.2) is 29.4 Å². The number of nitrogens with zero attached hydrogens (tertiary/aromatic N) is 1. The van der Waals surface area contributed by atoms with Gasteiger partial charge in [-0.3, -0.25) is 0 Å². The molecule has 1 aromatic carbocycles. The summed E-state index contributed by atoms with van der Waals surface area (Å²) in [6.45, 7) is 0. The zero-order valence-electron chi connectivity index (χ0n) is 7.53. The van der Waals surface area contributed by atoms with Crippen LogP contribution in [-0.4, -0.2) is 10.9 Å². The molecule has 70 valence electrons. The van der Waals surface area contributed by atoms with Crippen molar-refractivity contribution in [2.24, 2.45) is 5.16 Å². The fourth-order valence-electron chi connectivity index (χ4n) is 2.03. The third-order valence-electron chi connectivity index (χ3n) is 2.69. The van der Waals surface area contributed by atoms with E-state index in [4.69, 9.17) is 5.21 Å². The van der Waals surface area contributed by atoms with Gasteiger partial charge in [0.2, 0.25) is 0 Å². The summed E-state index contributed by atoms with van der Waals surface area (Å²) in [6, 6.07) is 8.37. The fraction of sp³-hybridized carbons (Fsp3) is 0.182. The van der Waals surface area contributed by atoms with E-state index in [9.17, 15) is 0 Å². The number of aryl methyl sites for hydroxylation is 1. The van der Waals surface area contributed by atoms with Crippen LogP contribution in [0.5, 0.6) is 0 Å². The average molecular weight is 203 g/mol. The monoisotopic (exact) mass is 203 g/mol. The Morgan fingerprint density at radius 1 is 1.21 bits per heavy atom. The predicted octanol–water partition coefficient (Wildman–Crippen LogP) is 3.03. The molecule has 1 heterocycles. The normalized spacial score (nSPS) is 17.9. The highest BCUT2D eigenvalue weighted by Gasteiger charge is 2.23. The van der Waals surface area contributed by atoms with Crippen molar-refractivity contribution in [2.75, 3.05) is 0 Å². The molecule has 1 aromatic heterocycles. The molecule has 0 fully saturated rings. The molecule has 0 radical (unpaired) electrons. The van der Waals surface area contributed by atoms with Crippen molar-refractivity contribution in [2.45, 2.75) is 12.8 Å².